The summed E-state index contributed by atoms with van der Waals surface area (Å²) >= 11 is 3.49. The minimum atomic E-state index is -0.722. The molecular formula is C36H30IN3O5S. The van der Waals surface area contributed by atoms with E-state index in [4.69, 9.17) is 19.2 Å². The quantitative estimate of drug-likeness (QED) is 0.185. The van der Waals surface area contributed by atoms with Crippen molar-refractivity contribution < 1.29 is 19.0 Å². The number of allylic oxidation sites excluding steroid dienone is 1. The molecule has 8 nitrogen and oxygen atoms in total. The van der Waals surface area contributed by atoms with Gasteiger partial charge in [-0.25, -0.2) is 4.99 Å². The molecule has 1 aliphatic heterocycles. The van der Waals surface area contributed by atoms with E-state index in [9.17, 15) is 9.59 Å². The third-order valence-electron chi connectivity index (χ3n) is 7.48. The molecule has 0 aliphatic carbocycles. The molecule has 1 amide bonds. The number of nitrogens with one attached hydrogen (secondary N) is 1. The van der Waals surface area contributed by atoms with Gasteiger partial charge in [0.25, 0.3) is 11.5 Å². The lowest BCUT2D eigenvalue weighted by molar-refractivity contribution is -0.113. The van der Waals surface area contributed by atoms with Crippen molar-refractivity contribution in [1.29, 1.82) is 0 Å². The summed E-state index contributed by atoms with van der Waals surface area (Å²) in [5.41, 5.74) is 3.85. The van der Waals surface area contributed by atoms with Crippen LogP contribution in [0.3, 0.4) is 0 Å². The van der Waals surface area contributed by atoms with Crippen molar-refractivity contribution in [2.75, 3.05) is 19.5 Å². The van der Waals surface area contributed by atoms with Crippen LogP contribution in [0.2, 0.25) is 0 Å². The summed E-state index contributed by atoms with van der Waals surface area (Å²) in [6.07, 6.45) is 1.82. The van der Waals surface area contributed by atoms with E-state index in [1.807, 2.05) is 103 Å². The van der Waals surface area contributed by atoms with Gasteiger partial charge in [-0.3, -0.25) is 14.2 Å². The van der Waals surface area contributed by atoms with Crippen molar-refractivity contribution in [1.82, 2.24) is 4.57 Å². The summed E-state index contributed by atoms with van der Waals surface area (Å²) in [6, 6.07) is 29.6. The normalized spacial score (nSPS) is 14.3. The van der Waals surface area contributed by atoms with E-state index in [0.29, 0.717) is 50.1 Å². The van der Waals surface area contributed by atoms with Crippen LogP contribution in [0, 0.1) is 3.57 Å². The lowest BCUT2D eigenvalue weighted by Gasteiger charge is -2.25. The second-order valence-corrected chi connectivity index (χ2v) is 12.7. The van der Waals surface area contributed by atoms with Crippen molar-refractivity contribution in [3.8, 4) is 17.2 Å². The Morgan fingerprint density at radius 1 is 0.978 bits per heavy atom. The highest BCUT2D eigenvalue weighted by Crippen LogP contribution is 2.35. The molecule has 0 bridgehead atoms. The topological polar surface area (TPSA) is 91.2 Å². The van der Waals surface area contributed by atoms with Crippen LogP contribution >= 0.6 is 33.9 Å². The molecule has 1 aromatic heterocycles. The molecule has 2 heterocycles. The minimum Gasteiger partial charge on any atom is -0.497 e. The molecule has 0 fully saturated rings. The lowest BCUT2D eigenvalue weighted by atomic mass is 9.95. The van der Waals surface area contributed by atoms with E-state index in [-0.39, 0.29) is 11.5 Å². The molecule has 232 valence electrons. The predicted molar refractivity (Wildman–Crippen MR) is 188 cm³/mol. The maximum absolute atomic E-state index is 14.2. The fraction of sp³-hybridized carbons (Fsp3) is 0.139. The summed E-state index contributed by atoms with van der Waals surface area (Å²) in [5, 5.41) is 2.98. The molecule has 4 aromatic carbocycles. The number of aromatic nitrogens is 1. The summed E-state index contributed by atoms with van der Waals surface area (Å²) in [4.78, 5) is 33.3. The molecule has 0 saturated carbocycles. The number of thiazole rings is 1. The largest absolute Gasteiger partial charge is 0.497 e. The molecule has 0 radical (unpaired) electrons. The van der Waals surface area contributed by atoms with Gasteiger partial charge in [0.1, 0.15) is 12.4 Å². The van der Waals surface area contributed by atoms with Gasteiger partial charge in [0.2, 0.25) is 0 Å². The van der Waals surface area contributed by atoms with Gasteiger partial charge in [0.15, 0.2) is 16.3 Å². The fourth-order valence-corrected chi connectivity index (χ4v) is 7.13. The van der Waals surface area contributed by atoms with E-state index in [1.165, 1.54) is 11.3 Å². The number of benzene rings is 4. The Morgan fingerprint density at radius 3 is 2.43 bits per heavy atom. The molecule has 0 unspecified atom stereocenters. The van der Waals surface area contributed by atoms with Crippen LogP contribution in [0.25, 0.3) is 6.08 Å². The number of methoxy groups -OCH3 is 2. The van der Waals surface area contributed by atoms with Crippen LogP contribution in [0.1, 0.15) is 29.7 Å². The highest BCUT2D eigenvalue weighted by atomic mass is 127. The third-order valence-corrected chi connectivity index (χ3v) is 9.27. The molecular weight excluding hydrogens is 713 g/mol. The second-order valence-electron chi connectivity index (χ2n) is 10.5. The summed E-state index contributed by atoms with van der Waals surface area (Å²) in [7, 11) is 3.18. The SMILES string of the molecule is COc1cccc([C@@H]2C(C(=O)Nc3ccccc3)=C(C)N=c3s/c(=C\c4cc(I)c(OCc5ccccc5)c(OC)c4)c(=O)n32)c1. The maximum atomic E-state index is 14.2. The monoisotopic (exact) mass is 743 g/mol. The first-order chi connectivity index (χ1) is 22.4. The number of nitrogens with zero attached hydrogens (tertiary/aromatic N) is 2. The van der Waals surface area contributed by atoms with Gasteiger partial charge < -0.3 is 19.5 Å². The van der Waals surface area contributed by atoms with Gasteiger partial charge in [0, 0.05) is 5.69 Å². The van der Waals surface area contributed by atoms with Gasteiger partial charge in [-0.2, -0.15) is 0 Å². The Balaban J connectivity index is 1.42. The van der Waals surface area contributed by atoms with Gasteiger partial charge in [-0.1, -0.05) is 72.0 Å². The maximum Gasteiger partial charge on any atom is 0.271 e. The van der Waals surface area contributed by atoms with Crippen LogP contribution < -0.4 is 34.4 Å². The highest BCUT2D eigenvalue weighted by Gasteiger charge is 2.33. The van der Waals surface area contributed by atoms with Gasteiger partial charge in [-0.05, 0) is 88.7 Å². The number of carbonyl (C=O) groups is 1. The number of ether oxygens (including phenoxy) is 3. The number of para-hydroxylation sites is 1. The number of carbonyl (C=O) groups excluding carboxylic acids is 1. The van der Waals surface area contributed by atoms with E-state index in [2.05, 4.69) is 27.9 Å². The molecule has 1 aliphatic rings. The predicted octanol–water partition coefficient (Wildman–Crippen LogP) is 6.07. The average Bonchev–Trinajstić information content (AvgIpc) is 3.37. The van der Waals surface area contributed by atoms with Crippen molar-refractivity contribution >= 4 is 51.6 Å². The summed E-state index contributed by atoms with van der Waals surface area (Å²) in [6.45, 7) is 2.19. The Labute approximate surface area is 283 Å². The van der Waals surface area contributed by atoms with E-state index < -0.39 is 6.04 Å². The average molecular weight is 744 g/mol. The molecule has 5 aromatic rings. The van der Waals surface area contributed by atoms with Crippen LogP contribution in [0.4, 0.5) is 5.69 Å². The number of hydrogen-bond donors (Lipinski definition) is 1. The first kappa shape index (κ1) is 31.3. The Kier molecular flexibility index (Phi) is 9.36. The van der Waals surface area contributed by atoms with Crippen molar-refractivity contribution in [2.45, 2.75) is 19.6 Å². The first-order valence-electron chi connectivity index (χ1n) is 14.4. The molecule has 0 saturated heterocycles. The van der Waals surface area contributed by atoms with Gasteiger partial charge >= 0.3 is 0 Å². The zero-order valence-electron chi connectivity index (χ0n) is 25.3. The minimum absolute atomic E-state index is 0.257. The number of halogens is 1. The van der Waals surface area contributed by atoms with Crippen LogP contribution in [0.5, 0.6) is 17.2 Å². The molecule has 6 rings (SSSR count). The molecule has 10 heteroatoms. The standard InChI is InChI=1S/C36H30IN3O5S/c1-22-31(34(41)39-26-14-8-5-9-15-26)32(25-13-10-16-27(20-25)43-2)40-35(42)30(46-36(40)38-22)19-24-17-28(37)33(29(18-24)44-3)45-21-23-11-6-4-7-12-23/h4-20,32H,21H2,1-3H3,(H,39,41)/b30-19-/t32-/m1/s1. The zero-order valence-corrected chi connectivity index (χ0v) is 28.3. The number of rotatable bonds is 9. The van der Waals surface area contributed by atoms with Gasteiger partial charge in [-0.15, -0.1) is 0 Å². The number of anilines is 1. The summed E-state index contributed by atoms with van der Waals surface area (Å²) in [5.74, 6) is 1.48. The van der Waals surface area contributed by atoms with Crippen LogP contribution in [0.15, 0.2) is 118 Å². The number of fused-ring (bicyclic) bond motifs is 1. The number of amides is 1. The smallest absolute Gasteiger partial charge is 0.271 e. The first-order valence-corrected chi connectivity index (χ1v) is 16.3. The molecule has 1 atom stereocenters. The lowest BCUT2D eigenvalue weighted by Crippen LogP contribution is -2.40. The van der Waals surface area contributed by atoms with Gasteiger partial charge in [0.05, 0.1) is 39.6 Å². The summed E-state index contributed by atoms with van der Waals surface area (Å²) < 4.78 is 20.2. The third kappa shape index (κ3) is 6.49. The van der Waals surface area contributed by atoms with Crippen LogP contribution in [-0.2, 0) is 11.4 Å². The molecule has 46 heavy (non-hydrogen) atoms. The Bertz CT molecular complexity index is 2120. The van der Waals surface area contributed by atoms with Crippen LogP contribution in [-0.4, -0.2) is 24.7 Å². The molecule has 0 spiro atoms. The Hall–Kier alpha value is -4.68. The molecule has 1 N–H and O–H groups in total. The van der Waals surface area contributed by atoms with Crippen molar-refractivity contribution in [2.24, 2.45) is 4.99 Å². The zero-order chi connectivity index (χ0) is 32.2. The number of hydrogen-bond acceptors (Lipinski definition) is 7. The second kappa shape index (κ2) is 13.8. The van der Waals surface area contributed by atoms with Crippen molar-refractivity contribution in [3.05, 3.63) is 148 Å². The van der Waals surface area contributed by atoms with E-state index in [0.717, 1.165) is 20.3 Å². The Morgan fingerprint density at radius 2 is 1.72 bits per heavy atom. The van der Waals surface area contributed by atoms with E-state index >= 15 is 0 Å². The highest BCUT2D eigenvalue weighted by molar-refractivity contribution is 14.1. The van der Waals surface area contributed by atoms with E-state index in [1.54, 1.807) is 25.7 Å². The fourth-order valence-electron chi connectivity index (χ4n) is 5.30. The van der Waals surface area contributed by atoms with Crippen molar-refractivity contribution in [3.63, 3.8) is 0 Å².